The number of halogens is 3. The van der Waals surface area contributed by atoms with Gasteiger partial charge in [-0.05, 0) is 42.8 Å². The first-order valence-corrected chi connectivity index (χ1v) is 8.64. The molecule has 0 bridgehead atoms. The van der Waals surface area contributed by atoms with Gasteiger partial charge in [0.1, 0.15) is 5.75 Å². The van der Waals surface area contributed by atoms with E-state index >= 15 is 0 Å². The first-order valence-electron chi connectivity index (χ1n) is 7.88. The van der Waals surface area contributed by atoms with Gasteiger partial charge in [-0.2, -0.15) is 0 Å². The molecule has 0 aliphatic carbocycles. The molecular formula is C19H16Cl2FNO3. The number of ether oxygens (including phenoxy) is 1. The predicted molar refractivity (Wildman–Crippen MR) is 100 cm³/mol. The van der Waals surface area contributed by atoms with Crippen LogP contribution in [0, 0.1) is 6.92 Å². The quantitative estimate of drug-likeness (QED) is 0.602. The van der Waals surface area contributed by atoms with Crippen LogP contribution in [0.4, 0.5) is 4.39 Å². The van der Waals surface area contributed by atoms with Crippen molar-refractivity contribution in [3.63, 3.8) is 0 Å². The van der Waals surface area contributed by atoms with Crippen molar-refractivity contribution >= 4 is 40.1 Å². The number of fused-ring (bicyclic) bond motifs is 1. The number of hydrogen-bond donors (Lipinski definition) is 1. The van der Waals surface area contributed by atoms with E-state index in [9.17, 15) is 14.3 Å². The number of nitrogens with zero attached hydrogens (tertiary/aromatic N) is 1. The van der Waals surface area contributed by atoms with Crippen LogP contribution >= 0.6 is 23.2 Å². The van der Waals surface area contributed by atoms with Crippen LogP contribution in [-0.2, 0) is 6.54 Å². The molecule has 1 N–H and O–H groups in total. The van der Waals surface area contributed by atoms with E-state index in [1.54, 1.807) is 12.1 Å². The van der Waals surface area contributed by atoms with Crippen LogP contribution in [0.25, 0.3) is 10.9 Å². The molecule has 0 amide bonds. The Labute approximate surface area is 159 Å². The number of carbonyl (C=O) groups is 1. The highest BCUT2D eigenvalue weighted by atomic mass is 35.5. The summed E-state index contributed by atoms with van der Waals surface area (Å²) in [6.07, 6.45) is 0.450. The SMILES string of the molecule is Cc1cc(OC(C)F)cc2ccn(Cc3c(Cl)ccc(C(=O)O)c3Cl)c12. The van der Waals surface area contributed by atoms with Crippen molar-refractivity contribution in [2.45, 2.75) is 26.7 Å². The molecule has 1 aromatic heterocycles. The van der Waals surface area contributed by atoms with Gasteiger partial charge in [0.25, 0.3) is 0 Å². The molecule has 0 radical (unpaired) electrons. The van der Waals surface area contributed by atoms with Gasteiger partial charge >= 0.3 is 5.97 Å². The van der Waals surface area contributed by atoms with Crippen LogP contribution in [0.3, 0.4) is 0 Å². The molecule has 1 atom stereocenters. The molecule has 1 unspecified atom stereocenters. The Morgan fingerprint density at radius 1 is 1.31 bits per heavy atom. The minimum Gasteiger partial charge on any atom is -0.478 e. The second-order valence-corrected chi connectivity index (χ2v) is 6.76. The minimum atomic E-state index is -1.40. The zero-order valence-electron chi connectivity index (χ0n) is 14.1. The molecule has 0 saturated heterocycles. The van der Waals surface area contributed by atoms with E-state index in [1.807, 2.05) is 23.8 Å². The molecule has 26 heavy (non-hydrogen) atoms. The first kappa shape index (κ1) is 18.5. The molecule has 136 valence electrons. The van der Waals surface area contributed by atoms with E-state index in [4.69, 9.17) is 27.9 Å². The maximum atomic E-state index is 13.1. The van der Waals surface area contributed by atoms with Gasteiger partial charge in [-0.25, -0.2) is 9.18 Å². The molecule has 7 heteroatoms. The summed E-state index contributed by atoms with van der Waals surface area (Å²) in [6, 6.07) is 8.30. The molecule has 2 aromatic carbocycles. The Bertz CT molecular complexity index is 998. The van der Waals surface area contributed by atoms with Crippen molar-refractivity contribution in [2.75, 3.05) is 0 Å². The van der Waals surface area contributed by atoms with Gasteiger partial charge < -0.3 is 14.4 Å². The fourth-order valence-corrected chi connectivity index (χ4v) is 3.57. The highest BCUT2D eigenvalue weighted by Gasteiger charge is 2.17. The van der Waals surface area contributed by atoms with Gasteiger partial charge in [0.2, 0.25) is 6.36 Å². The average molecular weight is 396 g/mol. The number of aromatic carboxylic acids is 1. The molecular weight excluding hydrogens is 380 g/mol. The number of alkyl halides is 1. The van der Waals surface area contributed by atoms with Crippen LogP contribution in [0.15, 0.2) is 36.5 Å². The van der Waals surface area contributed by atoms with Crippen LogP contribution in [0.5, 0.6) is 5.75 Å². The summed E-state index contributed by atoms with van der Waals surface area (Å²) in [7, 11) is 0. The number of hydrogen-bond acceptors (Lipinski definition) is 2. The molecule has 0 spiro atoms. The number of carboxylic acid groups (broad SMARTS) is 1. The summed E-state index contributed by atoms with van der Waals surface area (Å²) < 4.78 is 20.1. The lowest BCUT2D eigenvalue weighted by Gasteiger charge is -2.14. The van der Waals surface area contributed by atoms with Crippen LogP contribution in [0.1, 0.15) is 28.4 Å². The summed E-state index contributed by atoms with van der Waals surface area (Å²) in [5.74, 6) is -0.657. The van der Waals surface area contributed by atoms with Crippen LogP contribution in [0.2, 0.25) is 10.0 Å². The summed E-state index contributed by atoms with van der Waals surface area (Å²) in [5, 5.41) is 10.6. The predicted octanol–water partition coefficient (Wildman–Crippen LogP) is 5.70. The lowest BCUT2D eigenvalue weighted by molar-refractivity contribution is 0.0696. The summed E-state index contributed by atoms with van der Waals surface area (Å²) in [5.41, 5.74) is 2.34. The topological polar surface area (TPSA) is 51.5 Å². The zero-order chi connectivity index (χ0) is 19.0. The monoisotopic (exact) mass is 395 g/mol. The number of benzene rings is 2. The Kier molecular flexibility index (Phi) is 5.12. The number of rotatable bonds is 5. The molecule has 3 rings (SSSR count). The summed E-state index contributed by atoms with van der Waals surface area (Å²) in [4.78, 5) is 11.3. The maximum Gasteiger partial charge on any atom is 0.337 e. The van der Waals surface area contributed by atoms with Crippen molar-refractivity contribution in [1.82, 2.24) is 4.57 Å². The number of aryl methyl sites for hydroxylation is 1. The normalized spacial score (nSPS) is 12.3. The molecule has 0 aliphatic rings. The van der Waals surface area contributed by atoms with E-state index in [0.717, 1.165) is 16.5 Å². The molecule has 3 aromatic rings. The molecule has 0 aliphatic heterocycles. The van der Waals surface area contributed by atoms with Crippen molar-refractivity contribution < 1.29 is 19.0 Å². The van der Waals surface area contributed by atoms with Gasteiger partial charge in [0.05, 0.1) is 22.6 Å². The maximum absolute atomic E-state index is 13.1. The van der Waals surface area contributed by atoms with Gasteiger partial charge in [0, 0.05) is 29.1 Å². The van der Waals surface area contributed by atoms with E-state index in [0.29, 0.717) is 22.9 Å². The van der Waals surface area contributed by atoms with Gasteiger partial charge in [0.15, 0.2) is 0 Å². The second kappa shape index (κ2) is 7.17. The van der Waals surface area contributed by atoms with Crippen molar-refractivity contribution in [2.24, 2.45) is 0 Å². The van der Waals surface area contributed by atoms with E-state index < -0.39 is 12.3 Å². The Morgan fingerprint density at radius 2 is 2.04 bits per heavy atom. The number of carboxylic acids is 1. The highest BCUT2D eigenvalue weighted by Crippen LogP contribution is 2.32. The zero-order valence-corrected chi connectivity index (χ0v) is 15.6. The first-order chi connectivity index (χ1) is 12.3. The molecule has 0 saturated carbocycles. The standard InChI is InChI=1S/C19H16Cl2FNO3/c1-10-7-13(26-11(2)22)8-12-5-6-23(18(10)12)9-15-16(20)4-3-14(17(15)21)19(24)25/h3-8,11H,9H2,1-2H3,(H,24,25). The molecule has 1 heterocycles. The third kappa shape index (κ3) is 3.50. The smallest absolute Gasteiger partial charge is 0.337 e. The summed E-state index contributed by atoms with van der Waals surface area (Å²) >= 11 is 12.5. The van der Waals surface area contributed by atoms with Crippen LogP contribution < -0.4 is 4.74 Å². The van der Waals surface area contributed by atoms with E-state index in [2.05, 4.69) is 0 Å². The average Bonchev–Trinajstić information content (AvgIpc) is 2.93. The largest absolute Gasteiger partial charge is 0.478 e. The molecule has 4 nitrogen and oxygen atoms in total. The number of aromatic nitrogens is 1. The highest BCUT2D eigenvalue weighted by molar-refractivity contribution is 6.37. The lowest BCUT2D eigenvalue weighted by atomic mass is 10.1. The van der Waals surface area contributed by atoms with E-state index in [1.165, 1.54) is 19.1 Å². The third-order valence-electron chi connectivity index (χ3n) is 4.07. The van der Waals surface area contributed by atoms with Crippen molar-refractivity contribution in [1.29, 1.82) is 0 Å². The Hall–Kier alpha value is -2.24. The van der Waals surface area contributed by atoms with Gasteiger partial charge in [-0.15, -0.1) is 0 Å². The van der Waals surface area contributed by atoms with Gasteiger partial charge in [-0.1, -0.05) is 23.2 Å². The summed E-state index contributed by atoms with van der Waals surface area (Å²) in [6.45, 7) is 3.53. The Balaban J connectivity index is 2.06. The molecule has 0 fully saturated rings. The second-order valence-electron chi connectivity index (χ2n) is 5.98. The van der Waals surface area contributed by atoms with Crippen LogP contribution in [-0.4, -0.2) is 22.0 Å². The minimum absolute atomic E-state index is 0.00636. The van der Waals surface area contributed by atoms with Crippen molar-refractivity contribution in [3.05, 3.63) is 63.3 Å². The van der Waals surface area contributed by atoms with E-state index in [-0.39, 0.29) is 10.6 Å². The van der Waals surface area contributed by atoms with Gasteiger partial charge in [-0.3, -0.25) is 0 Å². The fourth-order valence-electron chi connectivity index (χ4n) is 3.00. The third-order valence-corrected chi connectivity index (χ3v) is 4.85. The lowest BCUT2D eigenvalue weighted by Crippen LogP contribution is -2.06. The Morgan fingerprint density at radius 3 is 2.69 bits per heavy atom. The fraction of sp³-hybridized carbons (Fsp3) is 0.211. The van der Waals surface area contributed by atoms with Crippen molar-refractivity contribution in [3.8, 4) is 5.75 Å².